The van der Waals surface area contributed by atoms with Crippen LogP contribution in [0.25, 0.3) is 0 Å². The van der Waals surface area contributed by atoms with E-state index >= 15 is 0 Å². The number of nitrogens with zero attached hydrogens (tertiary/aromatic N) is 1. The van der Waals surface area contributed by atoms with Crippen molar-refractivity contribution < 1.29 is 4.74 Å². The van der Waals surface area contributed by atoms with Crippen molar-refractivity contribution in [3.8, 4) is 17.6 Å². The summed E-state index contributed by atoms with van der Waals surface area (Å²) in [6.07, 6.45) is 0. The highest BCUT2D eigenvalue weighted by Crippen LogP contribution is 2.33. The van der Waals surface area contributed by atoms with E-state index in [1.807, 2.05) is 19.2 Å². The van der Waals surface area contributed by atoms with Gasteiger partial charge in [0.25, 0.3) is 0 Å². The van der Waals surface area contributed by atoms with Crippen molar-refractivity contribution in [3.05, 3.63) is 57.0 Å². The summed E-state index contributed by atoms with van der Waals surface area (Å²) in [5.41, 5.74) is 1.53. The maximum absolute atomic E-state index is 9.22. The Labute approximate surface area is 131 Å². The minimum atomic E-state index is 0.500. The lowest BCUT2D eigenvalue weighted by Crippen LogP contribution is -2.05. The van der Waals surface area contributed by atoms with E-state index in [1.54, 1.807) is 24.3 Å². The Hall–Kier alpha value is -1.54. The lowest BCUT2D eigenvalue weighted by molar-refractivity contribution is 0.478. The highest BCUT2D eigenvalue weighted by Gasteiger charge is 2.08. The number of halogens is 2. The molecule has 0 heterocycles. The van der Waals surface area contributed by atoms with Crippen LogP contribution in [0.15, 0.2) is 40.9 Å². The van der Waals surface area contributed by atoms with Crippen molar-refractivity contribution in [1.82, 2.24) is 5.32 Å². The number of benzene rings is 2. The quantitative estimate of drug-likeness (QED) is 0.883. The number of hydrogen-bond acceptors (Lipinski definition) is 3. The molecule has 2 aromatic carbocycles. The number of rotatable bonds is 4. The fraction of sp³-hybridized carbons (Fsp3) is 0.133. The van der Waals surface area contributed by atoms with Crippen LogP contribution < -0.4 is 10.1 Å². The lowest BCUT2D eigenvalue weighted by atomic mass is 10.1. The molecule has 0 unspecified atom stereocenters. The fourth-order valence-electron chi connectivity index (χ4n) is 1.74. The van der Waals surface area contributed by atoms with Crippen molar-refractivity contribution in [3.63, 3.8) is 0 Å². The van der Waals surface area contributed by atoms with E-state index in [-0.39, 0.29) is 0 Å². The van der Waals surface area contributed by atoms with E-state index < -0.39 is 0 Å². The standard InChI is InChI=1S/C15H12BrClN2O/c1-19-9-10-2-4-14(11(6-10)8-18)20-15-5-3-12(17)7-13(15)16/h2-7,19H,9H2,1H3. The molecule has 3 nitrogen and oxygen atoms in total. The minimum Gasteiger partial charge on any atom is -0.455 e. The first-order chi connectivity index (χ1) is 9.63. The highest BCUT2D eigenvalue weighted by atomic mass is 79.9. The molecule has 5 heteroatoms. The van der Waals surface area contributed by atoms with Crippen LogP contribution in [0, 0.1) is 11.3 Å². The summed E-state index contributed by atoms with van der Waals surface area (Å²) in [5.74, 6) is 1.14. The molecule has 0 aromatic heterocycles. The topological polar surface area (TPSA) is 45.0 Å². The first kappa shape index (κ1) is 14.9. The molecule has 0 aliphatic heterocycles. The van der Waals surface area contributed by atoms with Crippen molar-refractivity contribution in [2.24, 2.45) is 0 Å². The molecular weight excluding hydrogens is 340 g/mol. The summed E-state index contributed by atoms with van der Waals surface area (Å²) >= 11 is 9.28. The van der Waals surface area contributed by atoms with Gasteiger partial charge >= 0.3 is 0 Å². The number of nitriles is 1. The Kier molecular flexibility index (Phi) is 5.02. The van der Waals surface area contributed by atoms with Gasteiger partial charge in [-0.15, -0.1) is 0 Å². The second kappa shape index (κ2) is 6.76. The van der Waals surface area contributed by atoms with Crippen LogP contribution in [0.1, 0.15) is 11.1 Å². The van der Waals surface area contributed by atoms with Crippen LogP contribution in [0.2, 0.25) is 5.02 Å². The molecule has 0 aliphatic rings. The van der Waals surface area contributed by atoms with Crippen molar-refractivity contribution in [2.45, 2.75) is 6.54 Å². The maximum Gasteiger partial charge on any atom is 0.145 e. The van der Waals surface area contributed by atoms with E-state index in [0.29, 0.717) is 28.6 Å². The van der Waals surface area contributed by atoms with Gasteiger partial charge in [-0.05, 0) is 58.9 Å². The molecule has 2 aromatic rings. The van der Waals surface area contributed by atoms with E-state index in [2.05, 4.69) is 27.3 Å². The van der Waals surface area contributed by atoms with Gasteiger partial charge in [-0.25, -0.2) is 0 Å². The molecule has 0 saturated heterocycles. The molecular formula is C15H12BrClN2O. The van der Waals surface area contributed by atoms with E-state index in [4.69, 9.17) is 16.3 Å². The van der Waals surface area contributed by atoms with Crippen LogP contribution in [-0.4, -0.2) is 7.05 Å². The average molecular weight is 352 g/mol. The molecule has 20 heavy (non-hydrogen) atoms. The van der Waals surface area contributed by atoms with E-state index in [0.717, 1.165) is 10.0 Å². The second-order valence-corrected chi connectivity index (χ2v) is 5.44. The zero-order chi connectivity index (χ0) is 14.5. The van der Waals surface area contributed by atoms with Gasteiger partial charge in [-0.3, -0.25) is 0 Å². The zero-order valence-corrected chi connectivity index (χ0v) is 13.1. The predicted octanol–water partition coefficient (Wildman–Crippen LogP) is 4.49. The summed E-state index contributed by atoms with van der Waals surface area (Å²) in [7, 11) is 1.86. The normalized spacial score (nSPS) is 10.1. The van der Waals surface area contributed by atoms with Gasteiger partial charge in [0.15, 0.2) is 0 Å². The second-order valence-electron chi connectivity index (χ2n) is 4.15. The lowest BCUT2D eigenvalue weighted by Gasteiger charge is -2.10. The molecule has 0 radical (unpaired) electrons. The molecule has 0 saturated carbocycles. The van der Waals surface area contributed by atoms with Crippen LogP contribution >= 0.6 is 27.5 Å². The molecule has 2 rings (SSSR count). The van der Waals surface area contributed by atoms with Crippen LogP contribution in [0.4, 0.5) is 0 Å². The van der Waals surface area contributed by atoms with Crippen molar-refractivity contribution >= 4 is 27.5 Å². The third-order valence-corrected chi connectivity index (χ3v) is 3.51. The van der Waals surface area contributed by atoms with Gasteiger partial charge in [0, 0.05) is 11.6 Å². The Morgan fingerprint density at radius 2 is 2.00 bits per heavy atom. The average Bonchev–Trinajstić information content (AvgIpc) is 2.43. The van der Waals surface area contributed by atoms with Gasteiger partial charge in [0.05, 0.1) is 10.0 Å². The highest BCUT2D eigenvalue weighted by molar-refractivity contribution is 9.10. The predicted molar refractivity (Wildman–Crippen MR) is 83.1 cm³/mol. The van der Waals surface area contributed by atoms with Crippen molar-refractivity contribution in [1.29, 1.82) is 5.26 Å². The summed E-state index contributed by atoms with van der Waals surface area (Å²) in [4.78, 5) is 0. The maximum atomic E-state index is 9.22. The molecule has 1 N–H and O–H groups in total. The molecule has 0 amide bonds. The molecule has 102 valence electrons. The Morgan fingerprint density at radius 1 is 1.25 bits per heavy atom. The Balaban J connectivity index is 2.31. The largest absolute Gasteiger partial charge is 0.455 e. The number of hydrogen-bond donors (Lipinski definition) is 1. The van der Waals surface area contributed by atoms with E-state index in [1.165, 1.54) is 0 Å². The Bertz CT molecular complexity index is 667. The Morgan fingerprint density at radius 3 is 2.65 bits per heavy atom. The van der Waals surface area contributed by atoms with Crippen LogP contribution in [0.5, 0.6) is 11.5 Å². The summed E-state index contributed by atoms with van der Waals surface area (Å²) in [6.45, 7) is 0.708. The molecule has 0 fully saturated rings. The SMILES string of the molecule is CNCc1ccc(Oc2ccc(Cl)cc2Br)c(C#N)c1. The monoisotopic (exact) mass is 350 g/mol. The van der Waals surface area contributed by atoms with Crippen LogP contribution in [0.3, 0.4) is 0 Å². The smallest absolute Gasteiger partial charge is 0.145 e. The fourth-order valence-corrected chi connectivity index (χ4v) is 2.51. The molecule has 0 atom stereocenters. The summed E-state index contributed by atoms with van der Waals surface area (Å²) in [5, 5.41) is 12.9. The summed E-state index contributed by atoms with van der Waals surface area (Å²) in [6, 6.07) is 12.9. The van der Waals surface area contributed by atoms with Crippen molar-refractivity contribution in [2.75, 3.05) is 7.05 Å². The van der Waals surface area contributed by atoms with Gasteiger partial charge in [0.1, 0.15) is 17.6 Å². The van der Waals surface area contributed by atoms with Crippen LogP contribution in [-0.2, 0) is 6.54 Å². The minimum absolute atomic E-state index is 0.500. The summed E-state index contributed by atoms with van der Waals surface area (Å²) < 4.78 is 6.51. The van der Waals surface area contributed by atoms with Gasteiger partial charge in [0.2, 0.25) is 0 Å². The third-order valence-electron chi connectivity index (χ3n) is 2.66. The zero-order valence-electron chi connectivity index (χ0n) is 10.8. The van der Waals surface area contributed by atoms with Gasteiger partial charge in [-0.2, -0.15) is 5.26 Å². The number of ether oxygens (including phenoxy) is 1. The molecule has 0 aliphatic carbocycles. The third kappa shape index (κ3) is 3.51. The first-order valence-corrected chi connectivity index (χ1v) is 7.11. The number of nitrogens with one attached hydrogen (secondary N) is 1. The molecule has 0 bridgehead atoms. The van der Waals surface area contributed by atoms with E-state index in [9.17, 15) is 5.26 Å². The first-order valence-electron chi connectivity index (χ1n) is 5.94. The molecule has 0 spiro atoms. The van der Waals surface area contributed by atoms with Gasteiger partial charge < -0.3 is 10.1 Å². The van der Waals surface area contributed by atoms with Gasteiger partial charge in [-0.1, -0.05) is 17.7 Å².